The lowest BCUT2D eigenvalue weighted by Crippen LogP contribution is -2.00. The van der Waals surface area contributed by atoms with Crippen LogP contribution < -0.4 is 0 Å². The van der Waals surface area contributed by atoms with Crippen molar-refractivity contribution in [1.29, 1.82) is 0 Å². The maximum absolute atomic E-state index is 10.6. The van der Waals surface area contributed by atoms with Crippen LogP contribution in [-0.2, 0) is 14.4 Å². The summed E-state index contributed by atoms with van der Waals surface area (Å²) in [5, 5.41) is 3.26. The van der Waals surface area contributed by atoms with Gasteiger partial charge in [0.2, 0.25) is 0 Å². The molecular formula is C8H8ClNO3S. The standard InChI is InChI=1S/C8H8ClNO3S/c1-14(11,12)13-10-8(9)7-5-3-2-4-6-7/h2-6H,1H3/b10-8+. The number of nitrogens with zero attached hydrogens (tertiary/aromatic N) is 1. The van der Waals surface area contributed by atoms with Gasteiger partial charge in [-0.2, -0.15) is 8.42 Å². The van der Waals surface area contributed by atoms with E-state index < -0.39 is 10.1 Å². The third-order valence-corrected chi connectivity index (χ3v) is 1.90. The van der Waals surface area contributed by atoms with E-state index in [1.54, 1.807) is 24.3 Å². The van der Waals surface area contributed by atoms with Gasteiger partial charge in [-0.25, -0.2) is 0 Å². The average molecular weight is 234 g/mol. The molecule has 1 aromatic rings. The molecule has 0 aromatic heterocycles. The van der Waals surface area contributed by atoms with Crippen molar-refractivity contribution in [2.24, 2.45) is 5.16 Å². The molecule has 0 unspecified atom stereocenters. The van der Waals surface area contributed by atoms with E-state index >= 15 is 0 Å². The third kappa shape index (κ3) is 3.76. The summed E-state index contributed by atoms with van der Waals surface area (Å²) in [5.74, 6) is 0. The van der Waals surface area contributed by atoms with Gasteiger partial charge in [-0.3, -0.25) is 4.28 Å². The molecule has 0 spiro atoms. The molecule has 0 atom stereocenters. The van der Waals surface area contributed by atoms with Gasteiger partial charge in [-0.15, -0.1) is 0 Å². The van der Waals surface area contributed by atoms with Crippen LogP contribution in [0.25, 0.3) is 0 Å². The Kier molecular flexibility index (Phi) is 3.49. The average Bonchev–Trinajstić information content (AvgIpc) is 2.14. The first-order chi connectivity index (χ1) is 6.49. The molecule has 0 amide bonds. The first-order valence-corrected chi connectivity index (χ1v) is 5.86. The fourth-order valence-electron chi connectivity index (χ4n) is 0.729. The molecule has 0 heterocycles. The third-order valence-electron chi connectivity index (χ3n) is 1.26. The van der Waals surface area contributed by atoms with E-state index in [1.807, 2.05) is 6.07 Å². The molecule has 0 aliphatic carbocycles. The Balaban J connectivity index is 2.81. The van der Waals surface area contributed by atoms with Crippen LogP contribution in [-0.4, -0.2) is 19.8 Å². The summed E-state index contributed by atoms with van der Waals surface area (Å²) < 4.78 is 25.3. The first kappa shape index (κ1) is 11.0. The molecule has 4 nitrogen and oxygen atoms in total. The molecule has 1 rings (SSSR count). The van der Waals surface area contributed by atoms with Crippen LogP contribution >= 0.6 is 11.6 Å². The molecule has 0 fully saturated rings. The molecular weight excluding hydrogens is 226 g/mol. The van der Waals surface area contributed by atoms with Crippen LogP contribution in [0, 0.1) is 0 Å². The van der Waals surface area contributed by atoms with E-state index in [1.165, 1.54) is 0 Å². The fraction of sp³-hybridized carbons (Fsp3) is 0.125. The Hall–Kier alpha value is -1.07. The highest BCUT2D eigenvalue weighted by Crippen LogP contribution is 2.05. The maximum atomic E-state index is 10.6. The van der Waals surface area contributed by atoms with Crippen LogP contribution in [0.1, 0.15) is 5.56 Å². The van der Waals surface area contributed by atoms with Crippen LogP contribution in [0.3, 0.4) is 0 Å². The molecule has 76 valence electrons. The second-order valence-electron chi connectivity index (χ2n) is 2.53. The highest BCUT2D eigenvalue weighted by Gasteiger charge is 2.03. The van der Waals surface area contributed by atoms with Crippen LogP contribution in [0.4, 0.5) is 0 Å². The topological polar surface area (TPSA) is 55.7 Å². The predicted molar refractivity (Wildman–Crippen MR) is 54.8 cm³/mol. The van der Waals surface area contributed by atoms with Crippen LogP contribution in [0.15, 0.2) is 35.5 Å². The quantitative estimate of drug-likeness (QED) is 0.588. The fourth-order valence-corrected chi connectivity index (χ4v) is 1.14. The highest BCUT2D eigenvalue weighted by atomic mass is 35.5. The van der Waals surface area contributed by atoms with Crippen LogP contribution in [0.2, 0.25) is 0 Å². The van der Waals surface area contributed by atoms with E-state index in [4.69, 9.17) is 11.6 Å². The summed E-state index contributed by atoms with van der Waals surface area (Å²) in [7, 11) is -3.60. The minimum absolute atomic E-state index is 0.00368. The largest absolute Gasteiger partial charge is 0.325 e. The van der Waals surface area contributed by atoms with E-state index in [2.05, 4.69) is 9.44 Å². The molecule has 1 aromatic carbocycles. The summed E-state index contributed by atoms with van der Waals surface area (Å²) in [4.78, 5) is 0. The molecule has 0 aliphatic heterocycles. The van der Waals surface area contributed by atoms with E-state index in [0.717, 1.165) is 6.26 Å². The Morgan fingerprint density at radius 2 is 1.93 bits per heavy atom. The number of hydrogen-bond donors (Lipinski definition) is 0. The van der Waals surface area contributed by atoms with Gasteiger partial charge in [0.1, 0.15) is 0 Å². The minimum atomic E-state index is -3.60. The molecule has 0 radical (unpaired) electrons. The summed E-state index contributed by atoms with van der Waals surface area (Å²) in [5.41, 5.74) is 0.595. The first-order valence-electron chi connectivity index (χ1n) is 3.66. The van der Waals surface area contributed by atoms with Crippen LogP contribution in [0.5, 0.6) is 0 Å². The summed E-state index contributed by atoms with van der Waals surface area (Å²) in [6.07, 6.45) is 0.895. The summed E-state index contributed by atoms with van der Waals surface area (Å²) in [6.45, 7) is 0. The molecule has 0 aliphatic rings. The molecule has 14 heavy (non-hydrogen) atoms. The van der Waals surface area contributed by atoms with Gasteiger partial charge < -0.3 is 0 Å². The lowest BCUT2D eigenvalue weighted by atomic mass is 10.2. The SMILES string of the molecule is CS(=O)(=O)O/N=C(/Cl)c1ccccc1. The second kappa shape index (κ2) is 4.43. The van der Waals surface area contributed by atoms with Gasteiger partial charge in [-0.1, -0.05) is 47.1 Å². The maximum Gasteiger partial charge on any atom is 0.325 e. The lowest BCUT2D eigenvalue weighted by molar-refractivity contribution is 0.344. The van der Waals surface area contributed by atoms with Crippen molar-refractivity contribution >= 4 is 26.9 Å². The molecule has 0 N–H and O–H groups in total. The zero-order chi connectivity index (χ0) is 10.6. The Morgan fingerprint density at radius 3 is 2.43 bits per heavy atom. The zero-order valence-corrected chi connectivity index (χ0v) is 8.92. The number of hydrogen-bond acceptors (Lipinski definition) is 4. The van der Waals surface area contributed by atoms with Crippen molar-refractivity contribution in [3.05, 3.63) is 35.9 Å². The van der Waals surface area contributed by atoms with Gasteiger partial charge in [0.15, 0.2) is 5.17 Å². The molecule has 0 bridgehead atoms. The summed E-state index contributed by atoms with van der Waals surface area (Å²) >= 11 is 5.67. The number of halogens is 1. The summed E-state index contributed by atoms with van der Waals surface area (Å²) in [6, 6.07) is 8.71. The van der Waals surface area contributed by atoms with Crippen molar-refractivity contribution < 1.29 is 12.7 Å². The van der Waals surface area contributed by atoms with Crippen molar-refractivity contribution in [3.8, 4) is 0 Å². The Morgan fingerprint density at radius 1 is 1.36 bits per heavy atom. The van der Waals surface area contributed by atoms with Gasteiger partial charge >= 0.3 is 10.1 Å². The van der Waals surface area contributed by atoms with Gasteiger partial charge in [0.05, 0.1) is 6.26 Å². The van der Waals surface area contributed by atoms with Gasteiger partial charge in [0, 0.05) is 5.56 Å². The van der Waals surface area contributed by atoms with E-state index in [-0.39, 0.29) is 5.17 Å². The molecule has 6 heteroatoms. The second-order valence-corrected chi connectivity index (χ2v) is 4.44. The van der Waals surface area contributed by atoms with Gasteiger partial charge in [-0.05, 0) is 0 Å². The number of oxime groups is 1. The molecule has 0 saturated carbocycles. The molecule has 0 saturated heterocycles. The van der Waals surface area contributed by atoms with Crippen molar-refractivity contribution in [2.75, 3.05) is 6.26 Å². The normalized spacial score (nSPS) is 12.6. The highest BCUT2D eigenvalue weighted by molar-refractivity contribution is 7.85. The van der Waals surface area contributed by atoms with Gasteiger partial charge in [0.25, 0.3) is 0 Å². The van der Waals surface area contributed by atoms with Crippen molar-refractivity contribution in [3.63, 3.8) is 0 Å². The lowest BCUT2D eigenvalue weighted by Gasteiger charge is -1.97. The van der Waals surface area contributed by atoms with Crippen molar-refractivity contribution in [2.45, 2.75) is 0 Å². The van der Waals surface area contributed by atoms with E-state index in [9.17, 15) is 8.42 Å². The number of benzene rings is 1. The zero-order valence-electron chi connectivity index (χ0n) is 7.34. The Labute approximate surface area is 87.3 Å². The monoisotopic (exact) mass is 233 g/mol. The smallest absolute Gasteiger partial charge is 0.267 e. The van der Waals surface area contributed by atoms with E-state index in [0.29, 0.717) is 5.56 Å². The van der Waals surface area contributed by atoms with Crippen molar-refractivity contribution in [1.82, 2.24) is 0 Å². The Bertz CT molecular complexity index is 427. The predicted octanol–water partition coefficient (Wildman–Crippen LogP) is 1.56. The number of rotatable bonds is 3. The minimum Gasteiger partial charge on any atom is -0.267 e.